The van der Waals surface area contributed by atoms with E-state index < -0.39 is 10.1 Å². The van der Waals surface area contributed by atoms with Crippen molar-refractivity contribution in [3.8, 4) is 0 Å². The topological polar surface area (TPSA) is 54.4 Å². The van der Waals surface area contributed by atoms with Crippen LogP contribution >= 0.6 is 0 Å². The first-order valence-corrected chi connectivity index (χ1v) is 12.8. The molecule has 32 heavy (non-hydrogen) atoms. The minimum Gasteiger partial charge on any atom is -0.282 e. The Hall–Kier alpha value is -2.69. The zero-order chi connectivity index (χ0) is 23.0. The van der Waals surface area contributed by atoms with Gasteiger partial charge in [0.05, 0.1) is 0 Å². The lowest BCUT2D eigenvalue weighted by Crippen LogP contribution is -2.08. The van der Waals surface area contributed by atoms with Crippen LogP contribution in [0.25, 0.3) is 21.5 Å². The molecule has 4 rings (SSSR count). The Morgan fingerprint density at radius 2 is 1.16 bits per heavy atom. The van der Waals surface area contributed by atoms with E-state index in [2.05, 4.69) is 68.4 Å². The minimum atomic E-state index is -4.24. The van der Waals surface area contributed by atoms with E-state index >= 15 is 0 Å². The third-order valence-electron chi connectivity index (χ3n) is 5.69. The number of hydrogen-bond donors (Lipinski definition) is 1. The van der Waals surface area contributed by atoms with Crippen molar-refractivity contribution in [3.63, 3.8) is 0 Å². The van der Waals surface area contributed by atoms with E-state index in [0.717, 1.165) is 48.6 Å². The lowest BCUT2D eigenvalue weighted by Gasteiger charge is -2.16. The SMILES string of the molecule is CCCCc1cc2ccccc2c(S(=O)(=O)O)c1CCCC.c1ccc2ccccc2c1. The molecule has 0 amide bonds. The maximum atomic E-state index is 12.0. The second kappa shape index (κ2) is 11.3. The van der Waals surface area contributed by atoms with Crippen LogP contribution in [-0.4, -0.2) is 13.0 Å². The number of rotatable bonds is 7. The van der Waals surface area contributed by atoms with Crippen molar-refractivity contribution in [3.05, 3.63) is 90.0 Å². The third-order valence-corrected chi connectivity index (χ3v) is 6.68. The second-order valence-electron chi connectivity index (χ2n) is 8.09. The molecule has 0 aliphatic carbocycles. The van der Waals surface area contributed by atoms with Crippen LogP contribution in [0.2, 0.25) is 0 Å². The van der Waals surface area contributed by atoms with Crippen LogP contribution in [0, 0.1) is 0 Å². The largest absolute Gasteiger partial charge is 0.295 e. The summed E-state index contributed by atoms with van der Waals surface area (Å²) in [5.41, 5.74) is 1.86. The highest BCUT2D eigenvalue weighted by Gasteiger charge is 2.22. The van der Waals surface area contributed by atoms with Crippen LogP contribution in [0.4, 0.5) is 0 Å². The Morgan fingerprint density at radius 3 is 1.66 bits per heavy atom. The summed E-state index contributed by atoms with van der Waals surface area (Å²) in [4.78, 5) is 0.116. The van der Waals surface area contributed by atoms with Gasteiger partial charge in [-0.2, -0.15) is 8.42 Å². The van der Waals surface area contributed by atoms with Gasteiger partial charge in [0.1, 0.15) is 4.90 Å². The van der Waals surface area contributed by atoms with E-state index in [9.17, 15) is 13.0 Å². The summed E-state index contributed by atoms with van der Waals surface area (Å²) in [6.45, 7) is 4.20. The van der Waals surface area contributed by atoms with Gasteiger partial charge in [0, 0.05) is 5.39 Å². The molecule has 0 aliphatic rings. The predicted molar refractivity (Wildman–Crippen MR) is 135 cm³/mol. The lowest BCUT2D eigenvalue weighted by atomic mass is 9.94. The maximum absolute atomic E-state index is 12.0. The maximum Gasteiger partial charge on any atom is 0.295 e. The molecule has 4 heteroatoms. The van der Waals surface area contributed by atoms with Crippen LogP contribution in [0.15, 0.2) is 83.8 Å². The van der Waals surface area contributed by atoms with Crippen molar-refractivity contribution in [1.82, 2.24) is 0 Å². The monoisotopic (exact) mass is 448 g/mol. The molecule has 4 aromatic rings. The molecular weight excluding hydrogens is 416 g/mol. The first-order chi connectivity index (χ1) is 15.5. The standard InChI is InChI=1S/C18H24O3S.C10H8/c1-3-5-9-14-13-15-10-7-8-12-17(15)18(22(19,20)21)16(14)11-6-4-2;1-2-6-10-8-4-3-7-9(10)5-1/h7-8,10,12-13H,3-6,9,11H2,1-2H3,(H,19,20,21);1-8H. The predicted octanol–water partition coefficient (Wildman–Crippen LogP) is 7.61. The number of hydrogen-bond acceptors (Lipinski definition) is 2. The van der Waals surface area contributed by atoms with Crippen molar-refractivity contribution in [2.24, 2.45) is 0 Å². The lowest BCUT2D eigenvalue weighted by molar-refractivity contribution is 0.482. The van der Waals surface area contributed by atoms with Crippen LogP contribution < -0.4 is 0 Å². The first kappa shape index (κ1) is 24.0. The Morgan fingerprint density at radius 1 is 0.688 bits per heavy atom. The number of unbranched alkanes of at least 4 members (excludes halogenated alkanes) is 2. The summed E-state index contributed by atoms with van der Waals surface area (Å²) in [5.74, 6) is 0. The highest BCUT2D eigenvalue weighted by Crippen LogP contribution is 2.32. The summed E-state index contributed by atoms with van der Waals surface area (Å²) in [6, 6.07) is 26.2. The van der Waals surface area contributed by atoms with Crippen molar-refractivity contribution in [1.29, 1.82) is 0 Å². The molecule has 0 saturated heterocycles. The van der Waals surface area contributed by atoms with Crippen molar-refractivity contribution >= 4 is 31.7 Å². The zero-order valence-corrected chi connectivity index (χ0v) is 19.7. The molecule has 0 radical (unpaired) electrons. The van der Waals surface area contributed by atoms with Gasteiger partial charge in [-0.25, -0.2) is 0 Å². The van der Waals surface area contributed by atoms with Gasteiger partial charge in [-0.3, -0.25) is 4.55 Å². The number of fused-ring (bicyclic) bond motifs is 2. The van der Waals surface area contributed by atoms with E-state index in [-0.39, 0.29) is 4.90 Å². The summed E-state index contributed by atoms with van der Waals surface area (Å²) in [7, 11) is -4.24. The summed E-state index contributed by atoms with van der Waals surface area (Å²) < 4.78 is 33.8. The molecule has 0 saturated carbocycles. The molecule has 0 aliphatic heterocycles. The Balaban J connectivity index is 0.000000238. The van der Waals surface area contributed by atoms with Crippen molar-refractivity contribution in [2.75, 3.05) is 0 Å². The van der Waals surface area contributed by atoms with Crippen LogP contribution in [-0.2, 0) is 23.0 Å². The van der Waals surface area contributed by atoms with Crippen LogP contribution in [0.1, 0.15) is 50.7 Å². The molecule has 3 nitrogen and oxygen atoms in total. The molecule has 168 valence electrons. The van der Waals surface area contributed by atoms with Gasteiger partial charge >= 0.3 is 0 Å². The fourth-order valence-corrected chi connectivity index (χ4v) is 5.07. The summed E-state index contributed by atoms with van der Waals surface area (Å²) in [5, 5.41) is 4.12. The highest BCUT2D eigenvalue weighted by atomic mass is 32.2. The van der Waals surface area contributed by atoms with Crippen molar-refractivity contribution < 1.29 is 13.0 Å². The van der Waals surface area contributed by atoms with E-state index in [1.54, 1.807) is 6.07 Å². The average molecular weight is 449 g/mol. The van der Waals surface area contributed by atoms with Crippen molar-refractivity contribution in [2.45, 2.75) is 57.3 Å². The Kier molecular flexibility index (Phi) is 8.43. The molecule has 0 bridgehead atoms. The quantitative estimate of drug-likeness (QED) is 0.296. The molecular formula is C28H32O3S. The molecule has 0 fully saturated rings. The Labute approximate surface area is 191 Å². The molecule has 4 aromatic carbocycles. The molecule has 0 atom stereocenters. The van der Waals surface area contributed by atoms with Gasteiger partial charge in [0.2, 0.25) is 0 Å². The summed E-state index contributed by atoms with van der Waals surface area (Å²) >= 11 is 0. The van der Waals surface area contributed by atoms with Gasteiger partial charge in [-0.15, -0.1) is 0 Å². The van der Waals surface area contributed by atoms with Gasteiger partial charge < -0.3 is 0 Å². The minimum absolute atomic E-state index is 0.116. The van der Waals surface area contributed by atoms with E-state index in [1.165, 1.54) is 10.8 Å². The van der Waals surface area contributed by atoms with Crippen LogP contribution in [0.5, 0.6) is 0 Å². The second-order valence-corrected chi connectivity index (χ2v) is 9.45. The van der Waals surface area contributed by atoms with Gasteiger partial charge in [-0.05, 0) is 53.0 Å². The molecule has 0 heterocycles. The molecule has 0 spiro atoms. The first-order valence-electron chi connectivity index (χ1n) is 11.4. The van der Waals surface area contributed by atoms with Gasteiger partial charge in [0.15, 0.2) is 0 Å². The highest BCUT2D eigenvalue weighted by molar-refractivity contribution is 7.86. The average Bonchev–Trinajstić information content (AvgIpc) is 2.80. The normalized spacial score (nSPS) is 11.3. The van der Waals surface area contributed by atoms with E-state index in [0.29, 0.717) is 11.8 Å². The zero-order valence-electron chi connectivity index (χ0n) is 18.9. The van der Waals surface area contributed by atoms with Gasteiger partial charge in [0.25, 0.3) is 10.1 Å². The number of benzene rings is 4. The molecule has 1 N–H and O–H groups in total. The smallest absolute Gasteiger partial charge is 0.282 e. The van der Waals surface area contributed by atoms with E-state index in [1.807, 2.05) is 18.2 Å². The van der Waals surface area contributed by atoms with E-state index in [4.69, 9.17) is 0 Å². The fraction of sp³-hybridized carbons (Fsp3) is 0.286. The molecule has 0 unspecified atom stereocenters. The third kappa shape index (κ3) is 5.96. The van der Waals surface area contributed by atoms with Crippen LogP contribution in [0.3, 0.4) is 0 Å². The summed E-state index contributed by atoms with van der Waals surface area (Å²) in [6.07, 6.45) is 5.52. The number of aryl methyl sites for hydroxylation is 1. The van der Waals surface area contributed by atoms with Gasteiger partial charge in [-0.1, -0.05) is 106 Å². The fourth-order valence-electron chi connectivity index (χ4n) is 4.06. The Bertz CT molecular complexity index is 1210. The molecule has 0 aromatic heterocycles.